The molecule has 3 aromatic rings. The second-order valence-corrected chi connectivity index (χ2v) is 10.2. The largest absolute Gasteiger partial charge is 0.493 e. The van der Waals surface area contributed by atoms with Crippen LogP contribution in [0.5, 0.6) is 11.5 Å². The number of nitrogens with zero attached hydrogens (tertiary/aromatic N) is 3. The van der Waals surface area contributed by atoms with E-state index in [-0.39, 0.29) is 38.6 Å². The third-order valence-electron chi connectivity index (χ3n) is 6.62. The van der Waals surface area contributed by atoms with Crippen molar-refractivity contribution in [3.05, 3.63) is 84.5 Å². The van der Waals surface area contributed by atoms with Crippen molar-refractivity contribution >= 4 is 46.4 Å². The van der Waals surface area contributed by atoms with Gasteiger partial charge in [0.2, 0.25) is 5.91 Å². The molecule has 2 amide bonds. The summed E-state index contributed by atoms with van der Waals surface area (Å²) in [4.78, 5) is 70.7. The molecule has 1 atom stereocenters. The molecule has 0 unspecified atom stereocenters. The molecule has 0 radical (unpaired) electrons. The van der Waals surface area contributed by atoms with Crippen molar-refractivity contribution in [2.75, 3.05) is 18.6 Å². The van der Waals surface area contributed by atoms with Gasteiger partial charge >= 0.3 is 11.9 Å². The van der Waals surface area contributed by atoms with E-state index < -0.39 is 35.4 Å². The Morgan fingerprint density at radius 3 is 2.44 bits per heavy atom. The minimum Gasteiger partial charge on any atom is -0.493 e. The molecule has 0 fully saturated rings. The fourth-order valence-corrected chi connectivity index (χ4v) is 6.14. The second-order valence-electron chi connectivity index (χ2n) is 9.18. The van der Waals surface area contributed by atoms with E-state index >= 15 is 0 Å². The molecule has 2 aliphatic heterocycles. The Morgan fingerprint density at radius 1 is 1.05 bits per heavy atom. The van der Waals surface area contributed by atoms with E-state index in [1.165, 1.54) is 31.6 Å². The molecule has 41 heavy (non-hydrogen) atoms. The van der Waals surface area contributed by atoms with E-state index in [0.717, 1.165) is 16.2 Å². The van der Waals surface area contributed by atoms with Crippen molar-refractivity contribution in [1.29, 1.82) is 0 Å². The van der Waals surface area contributed by atoms with E-state index in [1.807, 2.05) is 0 Å². The lowest BCUT2D eigenvalue weighted by Gasteiger charge is -2.25. The highest BCUT2D eigenvalue weighted by molar-refractivity contribution is 7.07. The molecule has 0 aliphatic carbocycles. The summed E-state index contributed by atoms with van der Waals surface area (Å²) in [5, 5.41) is 0. The van der Waals surface area contributed by atoms with Gasteiger partial charge < -0.3 is 14.2 Å². The summed E-state index contributed by atoms with van der Waals surface area (Å²) in [7, 11) is 1.40. The van der Waals surface area contributed by atoms with Gasteiger partial charge in [-0.05, 0) is 37.6 Å². The number of esters is 2. The number of aromatic nitrogens is 1. The van der Waals surface area contributed by atoms with E-state index in [2.05, 4.69) is 4.99 Å². The first-order valence-electron chi connectivity index (χ1n) is 12.6. The number of rotatable bonds is 5. The number of amides is 2. The number of imide groups is 1. The van der Waals surface area contributed by atoms with Gasteiger partial charge in [-0.3, -0.25) is 23.7 Å². The number of ether oxygens (including phenoxy) is 3. The predicted octanol–water partition coefficient (Wildman–Crippen LogP) is 2.00. The van der Waals surface area contributed by atoms with Crippen molar-refractivity contribution in [3.8, 4) is 11.5 Å². The van der Waals surface area contributed by atoms with E-state index in [9.17, 15) is 24.0 Å². The molecule has 2 aliphatic rings. The number of hydrogen-bond donors (Lipinski definition) is 0. The molecular formula is C29H25N3O8S. The van der Waals surface area contributed by atoms with Crippen LogP contribution in [0.4, 0.5) is 5.69 Å². The van der Waals surface area contributed by atoms with Gasteiger partial charge in [0.1, 0.15) is 4.53 Å². The van der Waals surface area contributed by atoms with E-state index in [1.54, 1.807) is 50.2 Å². The number of carbonyl (C=O) groups is 4. The molecule has 3 heterocycles. The van der Waals surface area contributed by atoms with Crippen molar-refractivity contribution in [3.63, 3.8) is 0 Å². The zero-order valence-corrected chi connectivity index (χ0v) is 23.7. The third kappa shape index (κ3) is 4.55. The van der Waals surface area contributed by atoms with Gasteiger partial charge in [0.15, 0.2) is 16.3 Å². The molecule has 0 spiro atoms. The minimum atomic E-state index is -1.00. The number of anilines is 1. The Hall–Kier alpha value is -4.84. The van der Waals surface area contributed by atoms with Crippen LogP contribution in [-0.2, 0) is 23.9 Å². The predicted molar refractivity (Wildman–Crippen MR) is 148 cm³/mol. The Balaban J connectivity index is 1.81. The zero-order valence-electron chi connectivity index (χ0n) is 22.8. The van der Waals surface area contributed by atoms with Crippen LogP contribution in [0.15, 0.2) is 63.5 Å². The summed E-state index contributed by atoms with van der Waals surface area (Å²) < 4.78 is 17.4. The maximum Gasteiger partial charge on any atom is 0.338 e. The topological polar surface area (TPSA) is 134 Å². The summed E-state index contributed by atoms with van der Waals surface area (Å²) in [6.45, 7) is 5.93. The summed E-state index contributed by atoms with van der Waals surface area (Å²) in [6, 6.07) is 10.4. The molecule has 1 aromatic heterocycles. The number of carbonyl (C=O) groups excluding carboxylic acids is 4. The van der Waals surface area contributed by atoms with Gasteiger partial charge in [-0.2, -0.15) is 0 Å². The first-order chi connectivity index (χ1) is 19.6. The number of methoxy groups -OCH3 is 1. The molecule has 5 rings (SSSR count). The summed E-state index contributed by atoms with van der Waals surface area (Å²) in [6.07, 6.45) is 0. The molecule has 2 aromatic carbocycles. The van der Waals surface area contributed by atoms with Crippen LogP contribution >= 0.6 is 11.3 Å². The average Bonchev–Trinajstić information content (AvgIpc) is 3.40. The molecular weight excluding hydrogens is 550 g/mol. The molecule has 12 heteroatoms. The minimum absolute atomic E-state index is 0.0800. The van der Waals surface area contributed by atoms with Gasteiger partial charge in [-0.25, -0.2) is 14.7 Å². The Morgan fingerprint density at radius 2 is 1.78 bits per heavy atom. The fourth-order valence-electron chi connectivity index (χ4n) is 5.00. The standard InChI is InChI=1S/C29H25N3O8S/c1-6-39-28(37)22-14(2)30-29-32(24(22)17-11-12-20(40-16(4)34)21(13-17)38-5)27(36)25(41-29)23-18-9-7-8-10-19(18)31(15(3)33)26(23)35/h7-13,24H,6H2,1-5H3/t24-/m1/s1. The first-order valence-corrected chi connectivity index (χ1v) is 13.4. The van der Waals surface area contributed by atoms with Crippen LogP contribution in [0.3, 0.4) is 0 Å². The van der Waals surface area contributed by atoms with Crippen molar-refractivity contribution in [2.45, 2.75) is 33.7 Å². The Labute approximate surface area is 237 Å². The normalized spacial score (nSPS) is 17.0. The van der Waals surface area contributed by atoms with Crippen LogP contribution < -0.4 is 29.3 Å². The number of para-hydroxylation sites is 1. The molecule has 0 N–H and O–H groups in total. The van der Waals surface area contributed by atoms with Crippen LogP contribution in [0.2, 0.25) is 0 Å². The maximum absolute atomic E-state index is 14.2. The number of hydrogen-bond acceptors (Lipinski definition) is 10. The highest BCUT2D eigenvalue weighted by Gasteiger charge is 2.39. The summed E-state index contributed by atoms with van der Waals surface area (Å²) >= 11 is 0.992. The van der Waals surface area contributed by atoms with Crippen LogP contribution in [-0.4, -0.2) is 42.0 Å². The van der Waals surface area contributed by atoms with Crippen LogP contribution in [0.1, 0.15) is 44.9 Å². The lowest BCUT2D eigenvalue weighted by molar-refractivity contribution is -0.139. The van der Waals surface area contributed by atoms with Gasteiger partial charge in [-0.15, -0.1) is 0 Å². The van der Waals surface area contributed by atoms with E-state index in [4.69, 9.17) is 14.2 Å². The monoisotopic (exact) mass is 575 g/mol. The van der Waals surface area contributed by atoms with Crippen molar-refractivity contribution in [1.82, 2.24) is 4.57 Å². The molecule has 0 saturated carbocycles. The van der Waals surface area contributed by atoms with Gasteiger partial charge in [-0.1, -0.05) is 35.6 Å². The maximum atomic E-state index is 14.2. The SMILES string of the molecule is CCOC(=O)C1=C(C)N=c2sc(=C3C(=O)N(C(C)=O)c4ccccc43)c(=O)n2[C@@H]1c1ccc(OC(C)=O)c(OC)c1. The first kappa shape index (κ1) is 27.7. The zero-order chi connectivity index (χ0) is 29.6. The highest BCUT2D eigenvalue weighted by Crippen LogP contribution is 2.37. The smallest absolute Gasteiger partial charge is 0.338 e. The van der Waals surface area contributed by atoms with Gasteiger partial charge in [0.25, 0.3) is 11.5 Å². The molecule has 0 bridgehead atoms. The average molecular weight is 576 g/mol. The van der Waals surface area contributed by atoms with Crippen LogP contribution in [0.25, 0.3) is 5.57 Å². The van der Waals surface area contributed by atoms with Gasteiger partial charge in [0.05, 0.1) is 42.3 Å². The lowest BCUT2D eigenvalue weighted by atomic mass is 9.95. The van der Waals surface area contributed by atoms with Crippen LogP contribution in [0, 0.1) is 0 Å². The number of fused-ring (bicyclic) bond motifs is 2. The molecule has 210 valence electrons. The van der Waals surface area contributed by atoms with E-state index in [0.29, 0.717) is 22.5 Å². The quantitative estimate of drug-likeness (QED) is 0.333. The van der Waals surface area contributed by atoms with Crippen molar-refractivity contribution in [2.24, 2.45) is 4.99 Å². The third-order valence-corrected chi connectivity index (χ3v) is 7.68. The molecule has 0 saturated heterocycles. The second kappa shape index (κ2) is 10.6. The Bertz CT molecular complexity index is 1870. The number of allylic oxidation sites excluding steroid dienone is 1. The van der Waals surface area contributed by atoms with Gasteiger partial charge in [0, 0.05) is 19.4 Å². The number of benzene rings is 2. The molecule has 11 nitrogen and oxygen atoms in total. The lowest BCUT2D eigenvalue weighted by Crippen LogP contribution is -2.41. The highest BCUT2D eigenvalue weighted by atomic mass is 32.1. The Kier molecular flexibility index (Phi) is 7.18. The van der Waals surface area contributed by atoms with Crippen molar-refractivity contribution < 1.29 is 33.4 Å². The summed E-state index contributed by atoms with van der Waals surface area (Å²) in [5.74, 6) is -1.94. The number of thiazole rings is 1. The summed E-state index contributed by atoms with van der Waals surface area (Å²) in [5.41, 5.74) is 1.26. The fraction of sp³-hybridized carbons (Fsp3) is 0.241.